The molecule has 8 heteroatoms. The molecule has 2 amide bonds. The number of hydrogen-bond acceptors (Lipinski definition) is 5. The van der Waals surface area contributed by atoms with E-state index >= 15 is 0 Å². The fourth-order valence-corrected chi connectivity index (χ4v) is 2.60. The lowest BCUT2D eigenvalue weighted by molar-refractivity contribution is 0.159. The van der Waals surface area contributed by atoms with Crippen LogP contribution in [0, 0.1) is 0 Å². The number of urea groups is 1. The van der Waals surface area contributed by atoms with E-state index in [1.807, 2.05) is 0 Å². The number of likely N-dealkylation sites (tertiary alicyclic amines) is 1. The first-order valence-corrected chi connectivity index (χ1v) is 7.21. The highest BCUT2D eigenvalue weighted by molar-refractivity contribution is 5.89. The van der Waals surface area contributed by atoms with Crippen molar-refractivity contribution in [3.63, 3.8) is 0 Å². The minimum Gasteiger partial charge on any atom is -0.481 e. The van der Waals surface area contributed by atoms with Gasteiger partial charge < -0.3 is 15.0 Å². The van der Waals surface area contributed by atoms with Gasteiger partial charge in [-0.2, -0.15) is 5.10 Å². The van der Waals surface area contributed by atoms with Gasteiger partial charge in [0.05, 0.1) is 25.0 Å². The predicted octanol–water partition coefficient (Wildman–Crippen LogP) is 1.97. The van der Waals surface area contributed by atoms with Crippen LogP contribution in [0.3, 0.4) is 0 Å². The summed E-state index contributed by atoms with van der Waals surface area (Å²) >= 11 is 0. The Morgan fingerprint density at radius 2 is 2.32 bits per heavy atom. The summed E-state index contributed by atoms with van der Waals surface area (Å²) in [6, 6.07) is 3.24. The lowest BCUT2D eigenvalue weighted by Crippen LogP contribution is -2.41. The molecular weight excluding hydrogens is 284 g/mol. The molecule has 0 aliphatic carbocycles. The number of pyridine rings is 1. The molecular formula is C14H18N6O2. The van der Waals surface area contributed by atoms with Crippen LogP contribution in [0.5, 0.6) is 5.88 Å². The van der Waals surface area contributed by atoms with E-state index in [0.29, 0.717) is 18.1 Å². The number of ether oxygens (including phenoxy) is 1. The molecule has 8 nitrogen and oxygen atoms in total. The molecule has 0 bridgehead atoms. The molecule has 1 atom stereocenters. The van der Waals surface area contributed by atoms with E-state index in [0.717, 1.165) is 25.1 Å². The van der Waals surface area contributed by atoms with Crippen molar-refractivity contribution >= 4 is 11.7 Å². The summed E-state index contributed by atoms with van der Waals surface area (Å²) in [6.45, 7) is 0.695. The third kappa shape index (κ3) is 3.00. The molecule has 2 aromatic heterocycles. The summed E-state index contributed by atoms with van der Waals surface area (Å²) in [5, 5.41) is 9.60. The van der Waals surface area contributed by atoms with E-state index in [9.17, 15) is 4.79 Å². The van der Waals surface area contributed by atoms with Crippen molar-refractivity contribution in [3.05, 3.63) is 30.5 Å². The number of carbonyl (C=O) groups excluding carboxylic acids is 1. The van der Waals surface area contributed by atoms with Crippen LogP contribution in [-0.4, -0.2) is 44.8 Å². The maximum absolute atomic E-state index is 12.5. The monoisotopic (exact) mass is 302 g/mol. The third-order valence-corrected chi connectivity index (χ3v) is 3.71. The zero-order valence-electron chi connectivity index (χ0n) is 12.3. The Bertz CT molecular complexity index is 613. The van der Waals surface area contributed by atoms with Crippen LogP contribution in [0.2, 0.25) is 0 Å². The topological polar surface area (TPSA) is 96.0 Å². The Hall–Kier alpha value is -2.64. The molecule has 3 heterocycles. The van der Waals surface area contributed by atoms with E-state index in [-0.39, 0.29) is 12.1 Å². The first kappa shape index (κ1) is 14.3. The van der Waals surface area contributed by atoms with E-state index in [4.69, 9.17) is 4.74 Å². The van der Waals surface area contributed by atoms with Gasteiger partial charge in [0.15, 0.2) is 0 Å². The molecule has 0 unspecified atom stereocenters. The van der Waals surface area contributed by atoms with Crippen molar-refractivity contribution in [2.24, 2.45) is 0 Å². The normalized spacial score (nSPS) is 18.0. The number of aromatic nitrogens is 4. The largest absolute Gasteiger partial charge is 0.481 e. The van der Waals surface area contributed by atoms with Crippen molar-refractivity contribution in [2.75, 3.05) is 19.0 Å². The number of rotatable bonds is 3. The first-order valence-electron chi connectivity index (χ1n) is 7.21. The van der Waals surface area contributed by atoms with E-state index in [1.165, 1.54) is 6.33 Å². The molecule has 0 spiro atoms. The van der Waals surface area contributed by atoms with Crippen LogP contribution in [0.15, 0.2) is 24.7 Å². The molecule has 1 aliphatic heterocycles. The fourth-order valence-electron chi connectivity index (χ4n) is 2.60. The second-order valence-corrected chi connectivity index (χ2v) is 5.10. The van der Waals surface area contributed by atoms with E-state index < -0.39 is 0 Å². The Labute approximate surface area is 127 Å². The molecule has 0 aromatic carbocycles. The summed E-state index contributed by atoms with van der Waals surface area (Å²) in [6.07, 6.45) is 5.97. The first-order chi connectivity index (χ1) is 10.8. The molecule has 2 aromatic rings. The van der Waals surface area contributed by atoms with Crippen LogP contribution >= 0.6 is 0 Å². The predicted molar refractivity (Wildman–Crippen MR) is 79.5 cm³/mol. The second kappa shape index (κ2) is 6.42. The molecule has 116 valence electrons. The number of carbonyl (C=O) groups is 1. The number of anilines is 1. The smallest absolute Gasteiger partial charge is 0.322 e. The Morgan fingerprint density at radius 3 is 3.00 bits per heavy atom. The average molecular weight is 302 g/mol. The van der Waals surface area contributed by atoms with Crippen molar-refractivity contribution in [1.29, 1.82) is 0 Å². The molecule has 2 N–H and O–H groups in total. The van der Waals surface area contributed by atoms with Crippen molar-refractivity contribution in [2.45, 2.75) is 25.3 Å². The number of piperidine rings is 1. The number of hydrogen-bond donors (Lipinski definition) is 2. The Balaban J connectivity index is 1.71. The Kier molecular flexibility index (Phi) is 4.17. The number of methoxy groups -OCH3 is 1. The van der Waals surface area contributed by atoms with Crippen LogP contribution in [0.1, 0.15) is 31.1 Å². The Morgan fingerprint density at radius 1 is 1.41 bits per heavy atom. The van der Waals surface area contributed by atoms with Crippen molar-refractivity contribution in [3.8, 4) is 5.88 Å². The number of H-pyrrole nitrogens is 1. The zero-order chi connectivity index (χ0) is 15.4. The average Bonchev–Trinajstić information content (AvgIpc) is 3.10. The van der Waals surface area contributed by atoms with Crippen LogP contribution in [-0.2, 0) is 0 Å². The minimum atomic E-state index is -0.159. The summed E-state index contributed by atoms with van der Waals surface area (Å²) in [7, 11) is 1.55. The van der Waals surface area contributed by atoms with Crippen LogP contribution in [0.4, 0.5) is 10.5 Å². The van der Waals surface area contributed by atoms with Gasteiger partial charge in [-0.05, 0) is 25.3 Å². The summed E-state index contributed by atoms with van der Waals surface area (Å²) in [4.78, 5) is 22.6. The lowest BCUT2D eigenvalue weighted by Gasteiger charge is -2.34. The highest BCUT2D eigenvalue weighted by Gasteiger charge is 2.29. The molecule has 22 heavy (non-hydrogen) atoms. The zero-order valence-corrected chi connectivity index (χ0v) is 12.3. The third-order valence-electron chi connectivity index (χ3n) is 3.71. The summed E-state index contributed by atoms with van der Waals surface area (Å²) in [5.41, 5.74) is 0.632. The highest BCUT2D eigenvalue weighted by atomic mass is 16.5. The number of nitrogens with zero attached hydrogens (tertiary/aromatic N) is 4. The van der Waals surface area contributed by atoms with Gasteiger partial charge in [-0.15, -0.1) is 0 Å². The van der Waals surface area contributed by atoms with Crippen molar-refractivity contribution < 1.29 is 9.53 Å². The van der Waals surface area contributed by atoms with E-state index in [2.05, 4.69) is 25.5 Å². The van der Waals surface area contributed by atoms with Gasteiger partial charge in [-0.3, -0.25) is 5.10 Å². The molecule has 0 saturated carbocycles. The number of amides is 2. The maximum Gasteiger partial charge on any atom is 0.322 e. The van der Waals surface area contributed by atoms with Gasteiger partial charge in [0.2, 0.25) is 5.88 Å². The van der Waals surface area contributed by atoms with Gasteiger partial charge in [0, 0.05) is 12.6 Å². The molecule has 3 rings (SSSR count). The molecule has 1 saturated heterocycles. The SMILES string of the molecule is COc1ccc(NC(=O)N2CCCC[C@@H]2c2ncn[nH]2)cn1. The second-order valence-electron chi connectivity index (χ2n) is 5.10. The molecule has 0 radical (unpaired) electrons. The lowest BCUT2D eigenvalue weighted by atomic mass is 10.0. The minimum absolute atomic E-state index is 0.0672. The quantitative estimate of drug-likeness (QED) is 0.903. The maximum atomic E-state index is 12.5. The number of nitrogens with one attached hydrogen (secondary N) is 2. The van der Waals surface area contributed by atoms with Gasteiger partial charge in [-0.25, -0.2) is 14.8 Å². The van der Waals surface area contributed by atoms with Crippen molar-refractivity contribution in [1.82, 2.24) is 25.1 Å². The summed E-state index contributed by atoms with van der Waals surface area (Å²) < 4.78 is 5.00. The van der Waals surface area contributed by atoms with Gasteiger partial charge in [0.1, 0.15) is 12.2 Å². The van der Waals surface area contributed by atoms with Crippen LogP contribution in [0.25, 0.3) is 0 Å². The van der Waals surface area contributed by atoms with Gasteiger partial charge >= 0.3 is 6.03 Å². The van der Waals surface area contributed by atoms with Gasteiger partial charge in [0.25, 0.3) is 0 Å². The standard InChI is InChI=1S/C14H18N6O2/c1-22-12-6-5-10(8-15-12)18-14(21)20-7-3-2-4-11(20)13-16-9-17-19-13/h5-6,8-9,11H,2-4,7H2,1H3,(H,18,21)(H,16,17,19)/t11-/m1/s1. The molecule has 1 fully saturated rings. The van der Waals surface area contributed by atoms with Crippen LogP contribution < -0.4 is 10.1 Å². The fraction of sp³-hybridized carbons (Fsp3) is 0.429. The summed E-state index contributed by atoms with van der Waals surface area (Å²) in [5.74, 6) is 1.23. The van der Waals surface area contributed by atoms with E-state index in [1.54, 1.807) is 30.3 Å². The van der Waals surface area contributed by atoms with Gasteiger partial charge in [-0.1, -0.05) is 0 Å². The number of aromatic amines is 1. The molecule has 1 aliphatic rings. The highest BCUT2D eigenvalue weighted by Crippen LogP contribution is 2.29.